The molecule has 0 saturated heterocycles. The van der Waals surface area contributed by atoms with Crippen LogP contribution in [0.25, 0.3) is 0 Å². The van der Waals surface area contributed by atoms with Crippen LogP contribution in [0.3, 0.4) is 0 Å². The van der Waals surface area contributed by atoms with Gasteiger partial charge in [-0.15, -0.1) is 0 Å². The summed E-state index contributed by atoms with van der Waals surface area (Å²) in [5.41, 5.74) is 3.11. The molecular formula is C20H23NO6. The number of amides is 1. The smallest absolute Gasteiger partial charge is 0.337 e. The van der Waals surface area contributed by atoms with E-state index in [0.29, 0.717) is 11.5 Å². The first-order valence-electron chi connectivity index (χ1n) is 8.26. The predicted octanol–water partition coefficient (Wildman–Crippen LogP) is 3.34. The summed E-state index contributed by atoms with van der Waals surface area (Å²) >= 11 is 0. The molecule has 2 N–H and O–H groups in total. The maximum atomic E-state index is 12.3. The molecule has 0 heterocycles. The Balaban J connectivity index is 2.18. The molecular weight excluding hydrogens is 350 g/mol. The number of benzene rings is 2. The van der Waals surface area contributed by atoms with E-state index in [-0.39, 0.29) is 23.6 Å². The second-order valence-corrected chi connectivity index (χ2v) is 6.10. The Labute approximate surface area is 157 Å². The van der Waals surface area contributed by atoms with Gasteiger partial charge in [0, 0.05) is 12.1 Å². The summed E-state index contributed by atoms with van der Waals surface area (Å²) < 4.78 is 15.9. The fourth-order valence-corrected chi connectivity index (χ4v) is 2.58. The molecule has 1 amide bonds. The van der Waals surface area contributed by atoms with Crippen molar-refractivity contribution in [3.8, 4) is 17.2 Å². The third kappa shape index (κ3) is 4.69. The predicted molar refractivity (Wildman–Crippen MR) is 101 cm³/mol. The minimum Gasteiger partial charge on any atom is -0.493 e. The maximum Gasteiger partial charge on any atom is 0.337 e. The van der Waals surface area contributed by atoms with Gasteiger partial charge in [-0.3, -0.25) is 4.79 Å². The fourth-order valence-electron chi connectivity index (χ4n) is 2.58. The second kappa shape index (κ2) is 8.44. The quantitative estimate of drug-likeness (QED) is 0.773. The molecule has 0 aliphatic carbocycles. The number of carbonyl (C=O) groups is 2. The van der Waals surface area contributed by atoms with Crippen LogP contribution in [0.15, 0.2) is 24.3 Å². The molecule has 2 aromatic carbocycles. The van der Waals surface area contributed by atoms with Gasteiger partial charge in [0.05, 0.1) is 25.5 Å². The van der Waals surface area contributed by atoms with E-state index >= 15 is 0 Å². The van der Waals surface area contributed by atoms with Crippen LogP contribution in [-0.4, -0.2) is 37.8 Å². The van der Waals surface area contributed by atoms with E-state index in [2.05, 4.69) is 5.32 Å². The van der Waals surface area contributed by atoms with E-state index in [1.165, 1.54) is 26.4 Å². The number of hydrogen-bond acceptors (Lipinski definition) is 5. The van der Waals surface area contributed by atoms with Crippen molar-refractivity contribution in [3.05, 3.63) is 46.5 Å². The van der Waals surface area contributed by atoms with Gasteiger partial charge in [-0.25, -0.2) is 4.79 Å². The first-order chi connectivity index (χ1) is 12.8. The Hall–Kier alpha value is -3.22. The van der Waals surface area contributed by atoms with Crippen LogP contribution in [-0.2, 0) is 4.79 Å². The summed E-state index contributed by atoms with van der Waals surface area (Å²) in [5.74, 6) is -0.503. The number of ether oxygens (including phenoxy) is 3. The third-order valence-corrected chi connectivity index (χ3v) is 4.18. The summed E-state index contributed by atoms with van der Waals surface area (Å²) in [4.78, 5) is 23.8. The molecule has 0 aromatic heterocycles. The summed E-state index contributed by atoms with van der Waals surface area (Å²) in [6.45, 7) is 5.61. The third-order valence-electron chi connectivity index (χ3n) is 4.18. The van der Waals surface area contributed by atoms with Gasteiger partial charge >= 0.3 is 5.97 Å². The molecule has 0 unspecified atom stereocenters. The van der Waals surface area contributed by atoms with E-state index < -0.39 is 11.9 Å². The number of anilines is 1. The lowest BCUT2D eigenvalue weighted by Crippen LogP contribution is -2.22. The summed E-state index contributed by atoms with van der Waals surface area (Å²) in [6.07, 6.45) is 0. The zero-order chi connectivity index (χ0) is 20.1. The van der Waals surface area contributed by atoms with Crippen molar-refractivity contribution in [1.82, 2.24) is 0 Å². The van der Waals surface area contributed by atoms with Gasteiger partial charge in [0.2, 0.25) is 0 Å². The highest BCUT2D eigenvalue weighted by Gasteiger charge is 2.18. The lowest BCUT2D eigenvalue weighted by atomic mass is 10.1. The first-order valence-corrected chi connectivity index (χ1v) is 8.26. The Morgan fingerprint density at radius 2 is 1.48 bits per heavy atom. The van der Waals surface area contributed by atoms with E-state index in [4.69, 9.17) is 14.2 Å². The molecule has 2 aromatic rings. The standard InChI is InChI=1S/C20H23NO6/c1-11-6-13(3)16(7-12(11)2)27-10-19(22)21-15-9-18(26-5)17(25-4)8-14(15)20(23)24/h6-9H,10H2,1-5H3,(H,21,22)(H,23,24). The monoisotopic (exact) mass is 373 g/mol. The van der Waals surface area contributed by atoms with Crippen LogP contribution in [0.2, 0.25) is 0 Å². The largest absolute Gasteiger partial charge is 0.493 e. The van der Waals surface area contributed by atoms with Gasteiger partial charge in [-0.2, -0.15) is 0 Å². The molecule has 0 fully saturated rings. The van der Waals surface area contributed by atoms with Crippen molar-refractivity contribution in [1.29, 1.82) is 0 Å². The summed E-state index contributed by atoms with van der Waals surface area (Å²) in [5, 5.41) is 11.9. The van der Waals surface area contributed by atoms with Crippen molar-refractivity contribution < 1.29 is 28.9 Å². The number of aromatic carboxylic acids is 1. The van der Waals surface area contributed by atoms with E-state index in [0.717, 1.165) is 16.7 Å². The van der Waals surface area contributed by atoms with E-state index in [1.54, 1.807) is 0 Å². The molecule has 0 bridgehead atoms. The number of methoxy groups -OCH3 is 2. The van der Waals surface area contributed by atoms with Crippen molar-refractivity contribution in [2.75, 3.05) is 26.1 Å². The summed E-state index contributed by atoms with van der Waals surface area (Å²) in [6, 6.07) is 6.56. The molecule has 0 aliphatic heterocycles. The highest BCUT2D eigenvalue weighted by molar-refractivity contribution is 6.01. The van der Waals surface area contributed by atoms with Gasteiger partial charge in [-0.05, 0) is 43.5 Å². The SMILES string of the molecule is COc1cc(NC(=O)COc2cc(C)c(C)cc2C)c(C(=O)O)cc1OC. The number of aryl methyl sites for hydroxylation is 3. The molecule has 2 rings (SSSR count). The van der Waals surface area contributed by atoms with Gasteiger partial charge < -0.3 is 24.6 Å². The van der Waals surface area contributed by atoms with Crippen molar-refractivity contribution >= 4 is 17.6 Å². The molecule has 0 saturated carbocycles. The number of hydrogen-bond donors (Lipinski definition) is 2. The van der Waals surface area contributed by atoms with Gasteiger partial charge in [-0.1, -0.05) is 6.07 Å². The zero-order valence-corrected chi connectivity index (χ0v) is 16.0. The van der Waals surface area contributed by atoms with Crippen LogP contribution >= 0.6 is 0 Å². The van der Waals surface area contributed by atoms with E-state index in [9.17, 15) is 14.7 Å². The van der Waals surface area contributed by atoms with Crippen molar-refractivity contribution in [2.24, 2.45) is 0 Å². The van der Waals surface area contributed by atoms with Crippen LogP contribution in [0.1, 0.15) is 27.0 Å². The lowest BCUT2D eigenvalue weighted by Gasteiger charge is -2.15. The fraction of sp³-hybridized carbons (Fsp3) is 0.300. The second-order valence-electron chi connectivity index (χ2n) is 6.10. The lowest BCUT2D eigenvalue weighted by molar-refractivity contribution is -0.118. The molecule has 7 nitrogen and oxygen atoms in total. The maximum absolute atomic E-state index is 12.3. The number of rotatable bonds is 7. The zero-order valence-electron chi connectivity index (χ0n) is 16.0. The van der Waals surface area contributed by atoms with Crippen LogP contribution < -0.4 is 19.5 Å². The van der Waals surface area contributed by atoms with Crippen LogP contribution in [0.5, 0.6) is 17.2 Å². The normalized spacial score (nSPS) is 10.3. The van der Waals surface area contributed by atoms with Crippen molar-refractivity contribution in [3.63, 3.8) is 0 Å². The van der Waals surface area contributed by atoms with E-state index in [1.807, 2.05) is 32.9 Å². The van der Waals surface area contributed by atoms with Crippen LogP contribution in [0, 0.1) is 20.8 Å². The molecule has 0 radical (unpaired) electrons. The van der Waals surface area contributed by atoms with Gasteiger partial charge in [0.25, 0.3) is 5.91 Å². The minimum atomic E-state index is -1.20. The number of nitrogens with one attached hydrogen (secondary N) is 1. The Bertz CT molecular complexity index is 875. The van der Waals surface area contributed by atoms with Gasteiger partial charge in [0.1, 0.15) is 5.75 Å². The molecule has 0 spiro atoms. The number of carboxylic acids is 1. The number of carboxylic acid groups (broad SMARTS) is 1. The van der Waals surface area contributed by atoms with Crippen LogP contribution in [0.4, 0.5) is 5.69 Å². The molecule has 0 atom stereocenters. The first kappa shape index (κ1) is 20.1. The topological polar surface area (TPSA) is 94.1 Å². The Morgan fingerprint density at radius 1 is 0.889 bits per heavy atom. The molecule has 144 valence electrons. The average molecular weight is 373 g/mol. The highest BCUT2D eigenvalue weighted by atomic mass is 16.5. The number of carbonyl (C=O) groups excluding carboxylic acids is 1. The minimum absolute atomic E-state index is 0.102. The molecule has 27 heavy (non-hydrogen) atoms. The van der Waals surface area contributed by atoms with Crippen molar-refractivity contribution in [2.45, 2.75) is 20.8 Å². The van der Waals surface area contributed by atoms with Gasteiger partial charge in [0.15, 0.2) is 18.1 Å². The molecule has 0 aliphatic rings. The highest BCUT2D eigenvalue weighted by Crippen LogP contribution is 2.33. The Kier molecular flexibility index (Phi) is 6.28. The Morgan fingerprint density at radius 3 is 2.07 bits per heavy atom. The summed E-state index contributed by atoms with van der Waals surface area (Å²) in [7, 11) is 2.83. The average Bonchev–Trinajstić information content (AvgIpc) is 2.62. The molecule has 7 heteroatoms.